The minimum atomic E-state index is -3.63. The summed E-state index contributed by atoms with van der Waals surface area (Å²) in [6, 6.07) is 7.57. The zero-order valence-corrected chi connectivity index (χ0v) is 9.40. The first-order valence-electron chi connectivity index (χ1n) is 4.07. The first-order chi connectivity index (χ1) is 6.39. The van der Waals surface area contributed by atoms with E-state index in [1.54, 1.807) is 0 Å². The summed E-state index contributed by atoms with van der Waals surface area (Å²) in [7, 11) is 1.50. The van der Waals surface area contributed by atoms with Gasteiger partial charge in [-0.2, -0.15) is 0 Å². The Morgan fingerprint density at radius 3 is 2.29 bits per heavy atom. The minimum Gasteiger partial charge on any atom is -0.207 e. The Balaban J connectivity index is 2.81. The first-order valence-corrected chi connectivity index (χ1v) is 6.38. The summed E-state index contributed by atoms with van der Waals surface area (Å²) in [5.74, 6) is 0. The summed E-state index contributed by atoms with van der Waals surface area (Å²) < 4.78 is 21.7. The molecule has 0 heterocycles. The largest absolute Gasteiger partial charge is 0.257 e. The maximum atomic E-state index is 10.9. The smallest absolute Gasteiger partial charge is 0.207 e. The third kappa shape index (κ3) is 3.16. The van der Waals surface area contributed by atoms with Crippen LogP contribution >= 0.6 is 10.7 Å². The van der Waals surface area contributed by atoms with Crippen LogP contribution in [0.4, 0.5) is 0 Å². The Morgan fingerprint density at radius 2 is 1.86 bits per heavy atom. The number of rotatable bonds is 3. The Bertz CT molecular complexity index is 432. The number of allylic oxidation sites excluding steroid dienone is 1. The van der Waals surface area contributed by atoms with Gasteiger partial charge in [0.05, 0.1) is 4.91 Å². The number of hydrogen-bond donors (Lipinski definition) is 0. The van der Waals surface area contributed by atoms with E-state index in [1.807, 2.05) is 31.2 Å². The van der Waals surface area contributed by atoms with Crippen molar-refractivity contribution < 1.29 is 8.42 Å². The van der Waals surface area contributed by atoms with E-state index in [1.165, 1.54) is 0 Å². The van der Waals surface area contributed by atoms with Gasteiger partial charge in [0.1, 0.15) is 0 Å². The molecule has 1 aromatic carbocycles. The molecule has 0 saturated heterocycles. The second-order valence-electron chi connectivity index (χ2n) is 3.14. The highest BCUT2D eigenvalue weighted by Gasteiger charge is 2.11. The highest BCUT2D eigenvalue weighted by molar-refractivity contribution is 8.16. The monoisotopic (exact) mass is 230 g/mol. The molecule has 0 spiro atoms. The van der Waals surface area contributed by atoms with Gasteiger partial charge >= 0.3 is 0 Å². The maximum absolute atomic E-state index is 10.9. The van der Waals surface area contributed by atoms with Crippen LogP contribution in [0.15, 0.2) is 35.7 Å². The second-order valence-corrected chi connectivity index (χ2v) is 5.81. The van der Waals surface area contributed by atoms with Gasteiger partial charge in [0, 0.05) is 17.1 Å². The van der Waals surface area contributed by atoms with Crippen molar-refractivity contribution in [3.63, 3.8) is 0 Å². The Morgan fingerprint density at radius 1 is 1.36 bits per heavy atom. The predicted octanol–water partition coefficient (Wildman–Crippen LogP) is 2.62. The molecule has 0 aromatic heterocycles. The van der Waals surface area contributed by atoms with Gasteiger partial charge in [0.2, 0.25) is 0 Å². The van der Waals surface area contributed by atoms with Gasteiger partial charge in [-0.1, -0.05) is 36.4 Å². The third-order valence-corrected chi connectivity index (χ3v) is 3.36. The highest BCUT2D eigenvalue weighted by atomic mass is 35.7. The van der Waals surface area contributed by atoms with Crippen LogP contribution in [-0.4, -0.2) is 8.42 Å². The average Bonchev–Trinajstić information content (AvgIpc) is 2.07. The van der Waals surface area contributed by atoms with Gasteiger partial charge in [0.15, 0.2) is 0 Å². The van der Waals surface area contributed by atoms with Gasteiger partial charge in [-0.25, -0.2) is 8.42 Å². The van der Waals surface area contributed by atoms with Gasteiger partial charge in [0.25, 0.3) is 9.05 Å². The molecule has 0 amide bonds. The van der Waals surface area contributed by atoms with Crippen molar-refractivity contribution in [1.82, 2.24) is 0 Å². The lowest BCUT2D eigenvalue weighted by atomic mass is 10.1. The molecule has 1 rings (SSSR count). The molecule has 0 radical (unpaired) electrons. The van der Waals surface area contributed by atoms with Crippen molar-refractivity contribution >= 4 is 19.7 Å². The molecule has 0 bridgehead atoms. The topological polar surface area (TPSA) is 34.1 Å². The van der Waals surface area contributed by atoms with E-state index in [4.69, 9.17) is 10.7 Å². The van der Waals surface area contributed by atoms with Crippen molar-refractivity contribution in [2.45, 2.75) is 13.3 Å². The minimum absolute atomic E-state index is 0.0306. The summed E-state index contributed by atoms with van der Waals surface area (Å²) >= 11 is 0. The number of benzene rings is 1. The molecule has 0 unspecified atom stereocenters. The molecule has 0 saturated carbocycles. The molecular formula is C10H11ClO2S. The second kappa shape index (κ2) is 4.15. The van der Waals surface area contributed by atoms with E-state index >= 15 is 0 Å². The van der Waals surface area contributed by atoms with Crippen molar-refractivity contribution in [2.24, 2.45) is 0 Å². The standard InChI is InChI=1S/C10H11ClO2S/c1-8-3-5-10(6-4-8)7-9(2)14(11,12)13/h3-6H,2,7H2,1H3. The first kappa shape index (κ1) is 11.3. The Labute approximate surface area is 88.6 Å². The van der Waals surface area contributed by atoms with E-state index in [-0.39, 0.29) is 11.3 Å². The summed E-state index contributed by atoms with van der Waals surface area (Å²) in [6.07, 6.45) is 0.270. The average molecular weight is 231 g/mol. The fraction of sp³-hybridized carbons (Fsp3) is 0.200. The maximum Gasteiger partial charge on any atom is 0.257 e. The van der Waals surface area contributed by atoms with Gasteiger partial charge in [-0.15, -0.1) is 0 Å². The van der Waals surface area contributed by atoms with Crippen LogP contribution in [0.3, 0.4) is 0 Å². The van der Waals surface area contributed by atoms with Crippen LogP contribution in [0.1, 0.15) is 11.1 Å². The van der Waals surface area contributed by atoms with Gasteiger partial charge in [-0.05, 0) is 12.5 Å². The zero-order chi connectivity index (χ0) is 10.8. The Kier molecular flexibility index (Phi) is 3.34. The fourth-order valence-corrected chi connectivity index (χ4v) is 1.52. The number of hydrogen-bond acceptors (Lipinski definition) is 2. The van der Waals surface area contributed by atoms with Crippen molar-refractivity contribution in [1.29, 1.82) is 0 Å². The van der Waals surface area contributed by atoms with E-state index in [9.17, 15) is 8.42 Å². The summed E-state index contributed by atoms with van der Waals surface area (Å²) in [5, 5.41) is 0. The molecular weight excluding hydrogens is 220 g/mol. The van der Waals surface area contributed by atoms with E-state index in [0.717, 1.165) is 11.1 Å². The van der Waals surface area contributed by atoms with Crippen LogP contribution < -0.4 is 0 Å². The molecule has 0 aliphatic carbocycles. The zero-order valence-electron chi connectivity index (χ0n) is 7.83. The van der Waals surface area contributed by atoms with Crippen molar-refractivity contribution in [3.8, 4) is 0 Å². The van der Waals surface area contributed by atoms with Crippen LogP contribution in [0, 0.1) is 6.92 Å². The molecule has 1 aromatic rings. The number of halogens is 1. The fourth-order valence-electron chi connectivity index (χ4n) is 1.02. The normalized spacial score (nSPS) is 11.3. The highest BCUT2D eigenvalue weighted by Crippen LogP contribution is 2.16. The van der Waals surface area contributed by atoms with Crippen LogP contribution in [0.5, 0.6) is 0 Å². The summed E-state index contributed by atoms with van der Waals surface area (Å²) in [4.78, 5) is 0.0306. The molecule has 2 nitrogen and oxygen atoms in total. The lowest BCUT2D eigenvalue weighted by molar-refractivity contribution is 0.614. The summed E-state index contributed by atoms with van der Waals surface area (Å²) in [5.41, 5.74) is 2.03. The molecule has 0 N–H and O–H groups in total. The van der Waals surface area contributed by atoms with E-state index in [2.05, 4.69) is 6.58 Å². The van der Waals surface area contributed by atoms with Crippen LogP contribution in [-0.2, 0) is 15.5 Å². The van der Waals surface area contributed by atoms with Crippen molar-refractivity contribution in [3.05, 3.63) is 46.9 Å². The third-order valence-electron chi connectivity index (χ3n) is 1.87. The Hall–Kier alpha value is -0.800. The van der Waals surface area contributed by atoms with Crippen LogP contribution in [0.25, 0.3) is 0 Å². The van der Waals surface area contributed by atoms with E-state index < -0.39 is 9.05 Å². The molecule has 76 valence electrons. The lowest BCUT2D eigenvalue weighted by Crippen LogP contribution is -1.97. The van der Waals surface area contributed by atoms with Crippen molar-refractivity contribution in [2.75, 3.05) is 0 Å². The molecule has 0 atom stereocenters. The molecule has 0 fully saturated rings. The molecule has 0 aliphatic heterocycles. The van der Waals surface area contributed by atoms with Gasteiger partial charge < -0.3 is 0 Å². The lowest BCUT2D eigenvalue weighted by Gasteiger charge is -2.02. The summed E-state index contributed by atoms with van der Waals surface area (Å²) in [6.45, 7) is 5.39. The SMILES string of the molecule is C=C(Cc1ccc(C)cc1)S(=O)(=O)Cl. The van der Waals surface area contributed by atoms with Crippen LogP contribution in [0.2, 0.25) is 0 Å². The number of aryl methyl sites for hydroxylation is 1. The molecule has 0 aliphatic rings. The molecule has 4 heteroatoms. The predicted molar refractivity (Wildman–Crippen MR) is 58.8 cm³/mol. The van der Waals surface area contributed by atoms with Gasteiger partial charge in [-0.3, -0.25) is 0 Å². The molecule has 14 heavy (non-hydrogen) atoms. The van der Waals surface area contributed by atoms with E-state index in [0.29, 0.717) is 0 Å². The quantitative estimate of drug-likeness (QED) is 0.749.